The van der Waals surface area contributed by atoms with Gasteiger partial charge in [0.05, 0.1) is 32.0 Å². The van der Waals surface area contributed by atoms with Gasteiger partial charge in [-0.25, -0.2) is 0 Å². The quantitative estimate of drug-likeness (QED) is 0.660. The first-order chi connectivity index (χ1) is 15.0. The van der Waals surface area contributed by atoms with E-state index in [1.54, 1.807) is 25.2 Å². The highest BCUT2D eigenvalue weighted by molar-refractivity contribution is 6.34. The highest BCUT2D eigenvalue weighted by atomic mass is 35.5. The number of halogens is 1. The number of Topliss-reactive ketones (excluding diaryl/α,β-unsaturated/α-hetero) is 1. The molecule has 1 aliphatic heterocycles. The molecule has 2 aromatic carbocycles. The van der Waals surface area contributed by atoms with Gasteiger partial charge in [-0.1, -0.05) is 23.7 Å². The molecule has 0 aromatic heterocycles. The lowest BCUT2D eigenvalue weighted by molar-refractivity contribution is -0.119. The predicted molar refractivity (Wildman–Crippen MR) is 118 cm³/mol. The summed E-state index contributed by atoms with van der Waals surface area (Å²) < 4.78 is 16.4. The zero-order valence-electron chi connectivity index (χ0n) is 17.7. The maximum atomic E-state index is 13.4. The van der Waals surface area contributed by atoms with Crippen molar-refractivity contribution in [1.29, 1.82) is 0 Å². The van der Waals surface area contributed by atoms with Crippen LogP contribution in [0, 0.1) is 0 Å². The van der Waals surface area contributed by atoms with Gasteiger partial charge in [0.1, 0.15) is 0 Å². The summed E-state index contributed by atoms with van der Waals surface area (Å²) in [5, 5.41) is 0.479. The van der Waals surface area contributed by atoms with Gasteiger partial charge in [0.15, 0.2) is 17.3 Å². The first-order valence-corrected chi connectivity index (χ1v) is 10.5. The smallest absolute Gasteiger partial charge is 0.232 e. The summed E-state index contributed by atoms with van der Waals surface area (Å²) in [5.74, 6) is 1.02. The number of allylic oxidation sites excluding steroid dienone is 2. The van der Waals surface area contributed by atoms with Gasteiger partial charge in [0.25, 0.3) is 0 Å². The normalized spacial score (nSPS) is 18.7. The predicted octanol–water partition coefficient (Wildman–Crippen LogP) is 4.89. The van der Waals surface area contributed by atoms with Crippen LogP contribution in [-0.4, -0.2) is 33.0 Å². The van der Waals surface area contributed by atoms with E-state index in [4.69, 9.17) is 25.8 Å². The molecule has 0 bridgehead atoms. The molecule has 4 rings (SSSR count). The van der Waals surface area contributed by atoms with E-state index in [9.17, 15) is 9.59 Å². The fourth-order valence-corrected chi connectivity index (χ4v) is 4.71. The van der Waals surface area contributed by atoms with E-state index in [-0.39, 0.29) is 24.0 Å². The van der Waals surface area contributed by atoms with Crippen molar-refractivity contribution in [3.8, 4) is 17.2 Å². The number of hydrogen-bond acceptors (Lipinski definition) is 5. The van der Waals surface area contributed by atoms with Gasteiger partial charge in [-0.15, -0.1) is 0 Å². The number of benzene rings is 2. The van der Waals surface area contributed by atoms with Crippen molar-refractivity contribution >= 4 is 29.0 Å². The largest absolute Gasteiger partial charge is 0.493 e. The van der Waals surface area contributed by atoms with E-state index in [2.05, 4.69) is 0 Å². The number of para-hydroxylation sites is 1. The fourth-order valence-electron chi connectivity index (χ4n) is 4.49. The number of nitrogens with zero attached hydrogens (tertiary/aromatic N) is 1. The van der Waals surface area contributed by atoms with Crippen LogP contribution in [-0.2, 0) is 9.59 Å². The Morgan fingerprint density at radius 3 is 2.26 bits per heavy atom. The molecule has 1 atom stereocenters. The van der Waals surface area contributed by atoms with Gasteiger partial charge < -0.3 is 14.2 Å². The molecular formula is C24H24ClNO5. The zero-order chi connectivity index (χ0) is 22.1. The number of rotatable bonds is 5. The van der Waals surface area contributed by atoms with E-state index in [1.165, 1.54) is 7.11 Å². The molecule has 2 aliphatic rings. The molecule has 7 heteroatoms. The molecule has 6 nitrogen and oxygen atoms in total. The van der Waals surface area contributed by atoms with Crippen LogP contribution in [0.15, 0.2) is 47.7 Å². The molecular weight excluding hydrogens is 418 g/mol. The Bertz CT molecular complexity index is 1050. The summed E-state index contributed by atoms with van der Waals surface area (Å²) in [4.78, 5) is 28.1. The van der Waals surface area contributed by atoms with Crippen LogP contribution in [0.5, 0.6) is 17.2 Å². The Balaban J connectivity index is 1.89. The first kappa shape index (κ1) is 21.2. The van der Waals surface area contributed by atoms with Crippen LogP contribution >= 0.6 is 11.6 Å². The lowest BCUT2D eigenvalue weighted by Gasteiger charge is -2.38. The van der Waals surface area contributed by atoms with Crippen LogP contribution in [0.25, 0.3) is 0 Å². The number of carbonyl (C=O) groups is 2. The number of methoxy groups -OCH3 is 3. The average Bonchev–Trinajstić information content (AvgIpc) is 2.78. The zero-order valence-corrected chi connectivity index (χ0v) is 18.5. The van der Waals surface area contributed by atoms with Crippen molar-refractivity contribution < 1.29 is 23.8 Å². The van der Waals surface area contributed by atoms with Crippen molar-refractivity contribution in [3.63, 3.8) is 0 Å². The van der Waals surface area contributed by atoms with Crippen molar-refractivity contribution in [2.75, 3.05) is 26.2 Å². The number of ketones is 1. The van der Waals surface area contributed by atoms with Crippen LogP contribution in [0.4, 0.5) is 5.69 Å². The van der Waals surface area contributed by atoms with Gasteiger partial charge in [0.2, 0.25) is 11.7 Å². The monoisotopic (exact) mass is 441 g/mol. The lowest BCUT2D eigenvalue weighted by Crippen LogP contribution is -2.40. The standard InChI is InChI=1S/C24H24ClNO5/c1-29-20-11-14(12-21(30-2)24(20)31-3)15-13-22(28)26(17-8-5-4-7-16(17)25)18-9-6-10-19(27)23(15)18/h4-5,7-8,11-12,15H,6,9-10,13H2,1-3H3. The summed E-state index contributed by atoms with van der Waals surface area (Å²) >= 11 is 6.41. The van der Waals surface area contributed by atoms with Crippen LogP contribution < -0.4 is 19.1 Å². The third kappa shape index (κ3) is 3.65. The molecule has 1 amide bonds. The third-order valence-electron chi connectivity index (χ3n) is 5.86. The molecule has 0 saturated heterocycles. The average molecular weight is 442 g/mol. The Morgan fingerprint density at radius 2 is 1.65 bits per heavy atom. The molecule has 1 heterocycles. The summed E-state index contributed by atoms with van der Waals surface area (Å²) in [5.41, 5.74) is 2.79. The van der Waals surface area contributed by atoms with E-state index in [1.807, 2.05) is 30.3 Å². The molecule has 0 spiro atoms. The van der Waals surface area contributed by atoms with Crippen LogP contribution in [0.1, 0.15) is 37.2 Å². The summed E-state index contributed by atoms with van der Waals surface area (Å²) in [6.07, 6.45) is 1.95. The fraction of sp³-hybridized carbons (Fsp3) is 0.333. The third-order valence-corrected chi connectivity index (χ3v) is 6.18. The Kier molecular flexibility index (Phi) is 5.92. The van der Waals surface area contributed by atoms with Gasteiger partial charge in [0, 0.05) is 30.0 Å². The highest BCUT2D eigenvalue weighted by Gasteiger charge is 2.40. The van der Waals surface area contributed by atoms with Gasteiger partial charge >= 0.3 is 0 Å². The van der Waals surface area contributed by atoms with E-state index in [0.717, 1.165) is 11.3 Å². The first-order valence-electron chi connectivity index (χ1n) is 10.1. The van der Waals surface area contributed by atoms with Gasteiger partial charge in [-0.2, -0.15) is 0 Å². The molecule has 2 aromatic rings. The highest BCUT2D eigenvalue weighted by Crippen LogP contribution is 2.48. The number of anilines is 1. The maximum absolute atomic E-state index is 13.4. The molecule has 1 unspecified atom stereocenters. The molecule has 1 aliphatic carbocycles. The van der Waals surface area contributed by atoms with Crippen molar-refractivity contribution in [3.05, 3.63) is 58.3 Å². The summed E-state index contributed by atoms with van der Waals surface area (Å²) in [6, 6.07) is 10.9. The Hall–Kier alpha value is -2.99. The number of carbonyl (C=O) groups excluding carboxylic acids is 2. The molecule has 31 heavy (non-hydrogen) atoms. The van der Waals surface area contributed by atoms with Gasteiger partial charge in [-0.3, -0.25) is 14.5 Å². The maximum Gasteiger partial charge on any atom is 0.232 e. The minimum Gasteiger partial charge on any atom is -0.493 e. The van der Waals surface area contributed by atoms with Crippen molar-refractivity contribution in [2.45, 2.75) is 31.6 Å². The number of ether oxygens (including phenoxy) is 3. The van der Waals surface area contributed by atoms with Crippen LogP contribution in [0.3, 0.4) is 0 Å². The second-order valence-corrected chi connectivity index (χ2v) is 7.94. The second kappa shape index (κ2) is 8.63. The van der Waals surface area contributed by atoms with Crippen LogP contribution in [0.2, 0.25) is 5.02 Å². The number of amides is 1. The van der Waals surface area contributed by atoms with Crippen molar-refractivity contribution in [2.24, 2.45) is 0 Å². The lowest BCUT2D eigenvalue weighted by atomic mass is 9.77. The number of hydrogen-bond donors (Lipinski definition) is 0. The Labute approximate surface area is 186 Å². The van der Waals surface area contributed by atoms with E-state index in [0.29, 0.717) is 52.8 Å². The Morgan fingerprint density at radius 1 is 0.968 bits per heavy atom. The van der Waals surface area contributed by atoms with Gasteiger partial charge in [-0.05, 0) is 42.7 Å². The minimum atomic E-state index is -0.386. The van der Waals surface area contributed by atoms with Crippen molar-refractivity contribution in [1.82, 2.24) is 0 Å². The van der Waals surface area contributed by atoms with E-state index >= 15 is 0 Å². The second-order valence-electron chi connectivity index (χ2n) is 7.53. The topological polar surface area (TPSA) is 65.1 Å². The minimum absolute atomic E-state index is 0.0598. The molecule has 0 saturated carbocycles. The molecule has 0 N–H and O–H groups in total. The van der Waals surface area contributed by atoms with E-state index < -0.39 is 0 Å². The molecule has 0 fully saturated rings. The summed E-state index contributed by atoms with van der Waals surface area (Å²) in [7, 11) is 4.63. The summed E-state index contributed by atoms with van der Waals surface area (Å²) in [6.45, 7) is 0. The molecule has 162 valence electrons. The molecule has 0 radical (unpaired) electrons. The SMILES string of the molecule is COc1cc(C2CC(=O)N(c3ccccc3Cl)C3=C2C(=O)CCC3)cc(OC)c1OC.